The summed E-state index contributed by atoms with van der Waals surface area (Å²) in [6.07, 6.45) is 2.44. The molecule has 1 aliphatic heterocycles. The summed E-state index contributed by atoms with van der Waals surface area (Å²) in [7, 11) is 2.08. The van der Waals surface area contributed by atoms with Gasteiger partial charge in [0.05, 0.1) is 5.70 Å². The van der Waals surface area contributed by atoms with Crippen LogP contribution in [0.1, 0.15) is 12.8 Å². The average Bonchev–Trinajstić information content (AvgIpc) is 2.14. The smallest absolute Gasteiger partial charge is 0.0555 e. The van der Waals surface area contributed by atoms with Crippen LogP contribution in [-0.4, -0.2) is 18.5 Å². The number of nitrogens with zero attached hydrogens (tertiary/aromatic N) is 1. The Morgan fingerprint density at radius 2 is 2.50 bits per heavy atom. The fourth-order valence-corrected chi connectivity index (χ4v) is 1.03. The minimum absolute atomic E-state index is 1.17. The van der Waals surface area contributed by atoms with Crippen molar-refractivity contribution >= 4 is 0 Å². The van der Waals surface area contributed by atoms with Gasteiger partial charge in [0.15, 0.2) is 0 Å². The monoisotopic (exact) mass is 109 g/mol. The SMILES string of the molecule is C=C=C1CCCN1C. The number of likely N-dealkylation sites (tertiary alicyclic amines) is 1. The first-order chi connectivity index (χ1) is 3.84. The molecule has 1 heteroatoms. The molecule has 0 saturated carbocycles. The zero-order valence-electron chi connectivity index (χ0n) is 5.28. The minimum Gasteiger partial charge on any atom is -0.372 e. The van der Waals surface area contributed by atoms with E-state index in [4.69, 9.17) is 0 Å². The molecule has 0 bridgehead atoms. The lowest BCUT2D eigenvalue weighted by Gasteiger charge is -2.08. The van der Waals surface area contributed by atoms with Crippen molar-refractivity contribution < 1.29 is 0 Å². The van der Waals surface area contributed by atoms with Gasteiger partial charge in [-0.2, -0.15) is 0 Å². The molecule has 0 aromatic carbocycles. The van der Waals surface area contributed by atoms with Crippen molar-refractivity contribution in [3.8, 4) is 0 Å². The van der Waals surface area contributed by atoms with Gasteiger partial charge in [-0.15, -0.1) is 5.73 Å². The maximum absolute atomic E-state index is 3.59. The van der Waals surface area contributed by atoms with Gasteiger partial charge in [-0.3, -0.25) is 0 Å². The van der Waals surface area contributed by atoms with E-state index in [1.165, 1.54) is 25.1 Å². The van der Waals surface area contributed by atoms with Crippen molar-refractivity contribution in [1.29, 1.82) is 0 Å². The van der Waals surface area contributed by atoms with Crippen molar-refractivity contribution in [3.05, 3.63) is 18.0 Å². The Hall–Kier alpha value is -0.680. The molecule has 1 aliphatic rings. The Bertz CT molecular complexity index is 131. The molecule has 0 spiro atoms. The molecule has 1 rings (SSSR count). The number of hydrogen-bond donors (Lipinski definition) is 0. The van der Waals surface area contributed by atoms with Crippen LogP contribution in [0, 0.1) is 0 Å². The van der Waals surface area contributed by atoms with Gasteiger partial charge in [0.1, 0.15) is 0 Å². The van der Waals surface area contributed by atoms with Crippen LogP contribution >= 0.6 is 0 Å². The second kappa shape index (κ2) is 2.06. The fourth-order valence-electron chi connectivity index (χ4n) is 1.03. The van der Waals surface area contributed by atoms with Gasteiger partial charge in [-0.25, -0.2) is 0 Å². The highest BCUT2D eigenvalue weighted by atomic mass is 15.1. The predicted octanol–water partition coefficient (Wildman–Crippen LogP) is 1.38. The van der Waals surface area contributed by atoms with Gasteiger partial charge in [0.2, 0.25) is 0 Å². The molecule has 0 atom stereocenters. The van der Waals surface area contributed by atoms with Crippen LogP contribution in [-0.2, 0) is 0 Å². The number of allylic oxidation sites excluding steroid dienone is 1. The van der Waals surface area contributed by atoms with Crippen LogP contribution in [0.5, 0.6) is 0 Å². The van der Waals surface area contributed by atoms with E-state index in [-0.39, 0.29) is 0 Å². The highest BCUT2D eigenvalue weighted by molar-refractivity contribution is 5.01. The van der Waals surface area contributed by atoms with Crippen LogP contribution in [0.2, 0.25) is 0 Å². The van der Waals surface area contributed by atoms with Crippen LogP contribution in [0.3, 0.4) is 0 Å². The maximum atomic E-state index is 3.59. The molecule has 0 aromatic heterocycles. The standard InChI is InChI=1S/C7H11N/c1-3-7-5-4-6-8(7)2/h1,4-6H2,2H3. The second-order valence-electron chi connectivity index (χ2n) is 2.15. The Morgan fingerprint density at radius 3 is 2.75 bits per heavy atom. The second-order valence-corrected chi connectivity index (χ2v) is 2.15. The van der Waals surface area contributed by atoms with Crippen LogP contribution in [0.4, 0.5) is 0 Å². The molecule has 0 N–H and O–H groups in total. The zero-order valence-corrected chi connectivity index (χ0v) is 5.28. The highest BCUT2D eigenvalue weighted by Gasteiger charge is 2.09. The highest BCUT2D eigenvalue weighted by Crippen LogP contribution is 2.15. The largest absolute Gasteiger partial charge is 0.372 e. The van der Waals surface area contributed by atoms with E-state index in [1.54, 1.807) is 0 Å². The van der Waals surface area contributed by atoms with Crippen molar-refractivity contribution in [2.75, 3.05) is 13.6 Å². The predicted molar refractivity (Wildman–Crippen MR) is 34.5 cm³/mol. The summed E-state index contributed by atoms with van der Waals surface area (Å²) in [5, 5.41) is 0. The Labute approximate surface area is 50.3 Å². The summed E-state index contributed by atoms with van der Waals surface area (Å²) in [5.41, 5.74) is 4.17. The fraction of sp³-hybridized carbons (Fsp3) is 0.571. The summed E-state index contributed by atoms with van der Waals surface area (Å²) in [5.74, 6) is 0. The third-order valence-corrected chi connectivity index (χ3v) is 1.57. The summed E-state index contributed by atoms with van der Waals surface area (Å²) >= 11 is 0. The van der Waals surface area contributed by atoms with Gasteiger partial charge in [0.25, 0.3) is 0 Å². The molecule has 44 valence electrons. The van der Waals surface area contributed by atoms with E-state index in [9.17, 15) is 0 Å². The van der Waals surface area contributed by atoms with E-state index < -0.39 is 0 Å². The number of hydrogen-bond acceptors (Lipinski definition) is 1. The molecule has 0 radical (unpaired) electrons. The van der Waals surface area contributed by atoms with Crippen LogP contribution in [0.15, 0.2) is 18.0 Å². The van der Waals surface area contributed by atoms with Gasteiger partial charge in [-0.05, 0) is 12.8 Å². The first-order valence-electron chi connectivity index (χ1n) is 2.94. The van der Waals surface area contributed by atoms with Crippen molar-refractivity contribution in [2.24, 2.45) is 0 Å². The maximum Gasteiger partial charge on any atom is 0.0555 e. The quantitative estimate of drug-likeness (QED) is 0.425. The summed E-state index contributed by atoms with van der Waals surface area (Å²) < 4.78 is 0. The molecule has 1 heterocycles. The minimum atomic E-state index is 1.17. The van der Waals surface area contributed by atoms with Gasteiger partial charge in [0, 0.05) is 13.6 Å². The lowest BCUT2D eigenvalue weighted by molar-refractivity contribution is 0.482. The lowest BCUT2D eigenvalue weighted by atomic mass is 10.3. The van der Waals surface area contributed by atoms with E-state index in [0.717, 1.165) is 0 Å². The topological polar surface area (TPSA) is 3.24 Å². The molecule has 1 nitrogen and oxygen atoms in total. The summed E-state index contributed by atoms with van der Waals surface area (Å²) in [4.78, 5) is 2.20. The molecule has 0 aromatic rings. The third kappa shape index (κ3) is 0.775. The van der Waals surface area contributed by atoms with E-state index >= 15 is 0 Å². The Morgan fingerprint density at radius 1 is 1.75 bits per heavy atom. The molecule has 0 amide bonds. The summed E-state index contributed by atoms with van der Waals surface area (Å²) in [6.45, 7) is 4.77. The molecule has 1 fully saturated rings. The summed E-state index contributed by atoms with van der Waals surface area (Å²) in [6, 6.07) is 0. The normalized spacial score (nSPS) is 19.1. The Kier molecular flexibility index (Phi) is 1.40. The zero-order chi connectivity index (χ0) is 5.98. The van der Waals surface area contributed by atoms with Crippen molar-refractivity contribution in [1.82, 2.24) is 4.90 Å². The average molecular weight is 109 g/mol. The van der Waals surface area contributed by atoms with Gasteiger partial charge >= 0.3 is 0 Å². The third-order valence-electron chi connectivity index (χ3n) is 1.57. The van der Waals surface area contributed by atoms with Crippen LogP contribution < -0.4 is 0 Å². The van der Waals surface area contributed by atoms with E-state index in [1.807, 2.05) is 0 Å². The van der Waals surface area contributed by atoms with Gasteiger partial charge < -0.3 is 4.90 Å². The van der Waals surface area contributed by atoms with Crippen molar-refractivity contribution in [3.63, 3.8) is 0 Å². The van der Waals surface area contributed by atoms with Crippen LogP contribution in [0.25, 0.3) is 0 Å². The first kappa shape index (κ1) is 5.46. The van der Waals surface area contributed by atoms with Gasteiger partial charge in [-0.1, -0.05) is 6.58 Å². The molecule has 0 aliphatic carbocycles. The van der Waals surface area contributed by atoms with E-state index in [2.05, 4.69) is 24.3 Å². The molecular formula is C7H11N. The Balaban J connectivity index is 2.68. The molecular weight excluding hydrogens is 98.1 g/mol. The molecule has 0 unspecified atom stereocenters. The number of rotatable bonds is 0. The van der Waals surface area contributed by atoms with E-state index in [0.29, 0.717) is 0 Å². The first-order valence-corrected chi connectivity index (χ1v) is 2.94. The molecule has 8 heavy (non-hydrogen) atoms. The molecule has 1 saturated heterocycles. The lowest BCUT2D eigenvalue weighted by Crippen LogP contribution is -2.08. The van der Waals surface area contributed by atoms with Crippen molar-refractivity contribution in [2.45, 2.75) is 12.8 Å².